The molecule has 0 spiro atoms. The Hall–Kier alpha value is -2.25. The van der Waals surface area contributed by atoms with Crippen LogP contribution in [0.15, 0.2) is 53.4 Å². The monoisotopic (exact) mass is 310 g/mol. The van der Waals surface area contributed by atoms with Crippen LogP contribution in [0.5, 0.6) is 0 Å². The van der Waals surface area contributed by atoms with Gasteiger partial charge in [-0.15, -0.1) is 11.8 Å². The topological polar surface area (TPSA) is 52.9 Å². The number of carbonyl (C=O) groups excluding carboxylic acids is 1. The van der Waals surface area contributed by atoms with Gasteiger partial charge in [-0.2, -0.15) is 5.26 Å². The van der Waals surface area contributed by atoms with Crippen molar-refractivity contribution >= 4 is 17.7 Å². The van der Waals surface area contributed by atoms with Gasteiger partial charge in [-0.25, -0.2) is 0 Å². The fraction of sp³-hybridized carbons (Fsp3) is 0.222. The van der Waals surface area contributed by atoms with E-state index in [-0.39, 0.29) is 5.91 Å². The van der Waals surface area contributed by atoms with Crippen LogP contribution in [-0.4, -0.2) is 12.5 Å². The molecule has 0 atom stereocenters. The van der Waals surface area contributed by atoms with Gasteiger partial charge in [-0.1, -0.05) is 31.2 Å². The molecule has 0 bridgehead atoms. The first-order chi connectivity index (χ1) is 10.7. The van der Waals surface area contributed by atoms with Crippen molar-refractivity contribution in [1.82, 2.24) is 5.32 Å². The van der Waals surface area contributed by atoms with Gasteiger partial charge >= 0.3 is 0 Å². The van der Waals surface area contributed by atoms with Crippen LogP contribution in [-0.2, 0) is 5.75 Å². The summed E-state index contributed by atoms with van der Waals surface area (Å²) < 4.78 is 0. The SMILES string of the molecule is CCCNC(=O)c1ccccc1SCc1ccc(C#N)cc1. The van der Waals surface area contributed by atoms with Gasteiger partial charge < -0.3 is 5.32 Å². The van der Waals surface area contributed by atoms with E-state index in [9.17, 15) is 4.79 Å². The van der Waals surface area contributed by atoms with Crippen LogP contribution < -0.4 is 5.32 Å². The lowest BCUT2D eigenvalue weighted by molar-refractivity contribution is 0.0950. The first-order valence-electron chi connectivity index (χ1n) is 7.23. The minimum atomic E-state index is -0.0234. The summed E-state index contributed by atoms with van der Waals surface area (Å²) in [6.45, 7) is 2.72. The number of hydrogen-bond acceptors (Lipinski definition) is 3. The molecule has 2 aromatic rings. The quantitative estimate of drug-likeness (QED) is 0.821. The summed E-state index contributed by atoms with van der Waals surface area (Å²) >= 11 is 1.63. The third kappa shape index (κ3) is 4.37. The molecule has 0 aliphatic carbocycles. The molecule has 1 amide bonds. The van der Waals surface area contributed by atoms with Crippen molar-refractivity contribution in [3.63, 3.8) is 0 Å². The highest BCUT2D eigenvalue weighted by Gasteiger charge is 2.10. The van der Waals surface area contributed by atoms with E-state index < -0.39 is 0 Å². The maximum absolute atomic E-state index is 12.2. The molecule has 0 aromatic heterocycles. The molecule has 0 heterocycles. The van der Waals surface area contributed by atoms with Crippen LogP contribution in [0.4, 0.5) is 0 Å². The van der Waals surface area contributed by atoms with Crippen LogP contribution >= 0.6 is 11.8 Å². The molecule has 3 nitrogen and oxygen atoms in total. The van der Waals surface area contributed by atoms with Gasteiger partial charge in [0.15, 0.2) is 0 Å². The molecule has 4 heteroatoms. The Balaban J connectivity index is 2.06. The van der Waals surface area contributed by atoms with E-state index in [0.717, 1.165) is 28.2 Å². The Kier molecular flexibility index (Phi) is 6.05. The Labute approximate surface area is 135 Å². The average molecular weight is 310 g/mol. The zero-order valence-corrected chi connectivity index (χ0v) is 13.3. The summed E-state index contributed by atoms with van der Waals surface area (Å²) in [6, 6.07) is 17.3. The molecule has 0 radical (unpaired) electrons. The van der Waals surface area contributed by atoms with E-state index in [4.69, 9.17) is 5.26 Å². The second kappa shape index (κ2) is 8.26. The normalized spacial score (nSPS) is 10.0. The standard InChI is InChI=1S/C18H18N2OS/c1-2-11-20-18(21)16-5-3-4-6-17(16)22-13-15-9-7-14(12-19)8-10-15/h3-10H,2,11,13H2,1H3,(H,20,21). The summed E-state index contributed by atoms with van der Waals surface area (Å²) in [5, 5.41) is 11.7. The van der Waals surface area contributed by atoms with Crippen LogP contribution in [0.2, 0.25) is 0 Å². The van der Waals surface area contributed by atoms with E-state index >= 15 is 0 Å². The number of rotatable bonds is 6. The Morgan fingerprint density at radius 2 is 1.91 bits per heavy atom. The minimum Gasteiger partial charge on any atom is -0.352 e. The number of nitrogens with one attached hydrogen (secondary N) is 1. The van der Waals surface area contributed by atoms with Crippen LogP contribution in [0.1, 0.15) is 34.8 Å². The van der Waals surface area contributed by atoms with Crippen LogP contribution in [0.25, 0.3) is 0 Å². The number of hydrogen-bond donors (Lipinski definition) is 1. The fourth-order valence-corrected chi connectivity index (χ4v) is 2.96. The first kappa shape index (κ1) is 16.1. The molecule has 0 fully saturated rings. The highest BCUT2D eigenvalue weighted by Crippen LogP contribution is 2.26. The molecule has 0 saturated carbocycles. The highest BCUT2D eigenvalue weighted by molar-refractivity contribution is 7.98. The zero-order chi connectivity index (χ0) is 15.8. The number of thioether (sulfide) groups is 1. The van der Waals surface area contributed by atoms with Gasteiger partial charge in [-0.3, -0.25) is 4.79 Å². The van der Waals surface area contributed by atoms with Crippen molar-refractivity contribution in [3.8, 4) is 6.07 Å². The van der Waals surface area contributed by atoms with Crippen molar-refractivity contribution in [2.75, 3.05) is 6.54 Å². The second-order valence-corrected chi connectivity index (χ2v) is 5.87. The predicted molar refractivity (Wildman–Crippen MR) is 89.8 cm³/mol. The Bertz CT molecular complexity index is 674. The van der Waals surface area contributed by atoms with Crippen LogP contribution in [0.3, 0.4) is 0 Å². The predicted octanol–water partition coefficient (Wildman–Crippen LogP) is 3.99. The van der Waals surface area contributed by atoms with Gasteiger partial charge in [-0.05, 0) is 36.2 Å². The van der Waals surface area contributed by atoms with Crippen molar-refractivity contribution in [2.24, 2.45) is 0 Å². The third-order valence-electron chi connectivity index (χ3n) is 3.14. The molecule has 1 N–H and O–H groups in total. The van der Waals surface area contributed by atoms with E-state index in [2.05, 4.69) is 11.4 Å². The largest absolute Gasteiger partial charge is 0.352 e. The van der Waals surface area contributed by atoms with E-state index in [1.165, 1.54) is 0 Å². The third-order valence-corrected chi connectivity index (χ3v) is 4.29. The van der Waals surface area contributed by atoms with Gasteiger partial charge in [0, 0.05) is 17.2 Å². The summed E-state index contributed by atoms with van der Waals surface area (Å²) in [5.41, 5.74) is 2.51. The fourth-order valence-electron chi connectivity index (χ4n) is 1.95. The van der Waals surface area contributed by atoms with Gasteiger partial charge in [0.05, 0.1) is 17.2 Å². The van der Waals surface area contributed by atoms with E-state index in [1.54, 1.807) is 11.8 Å². The smallest absolute Gasteiger partial charge is 0.252 e. The van der Waals surface area contributed by atoms with Gasteiger partial charge in [0.1, 0.15) is 0 Å². The molecular formula is C18H18N2OS. The Morgan fingerprint density at radius 1 is 1.18 bits per heavy atom. The average Bonchev–Trinajstić information content (AvgIpc) is 2.58. The molecule has 0 unspecified atom stereocenters. The lowest BCUT2D eigenvalue weighted by Gasteiger charge is -2.09. The van der Waals surface area contributed by atoms with E-state index in [0.29, 0.717) is 12.1 Å². The molecule has 0 aliphatic rings. The molecule has 0 aliphatic heterocycles. The lowest BCUT2D eigenvalue weighted by atomic mass is 10.2. The summed E-state index contributed by atoms with van der Waals surface area (Å²) in [7, 11) is 0. The maximum atomic E-state index is 12.2. The molecule has 2 aromatic carbocycles. The van der Waals surface area contributed by atoms with Crippen LogP contribution in [0, 0.1) is 11.3 Å². The van der Waals surface area contributed by atoms with Crippen molar-refractivity contribution in [2.45, 2.75) is 24.0 Å². The number of nitrogens with zero attached hydrogens (tertiary/aromatic N) is 1. The summed E-state index contributed by atoms with van der Waals surface area (Å²) in [4.78, 5) is 13.1. The minimum absolute atomic E-state index is 0.0234. The van der Waals surface area contributed by atoms with Crippen molar-refractivity contribution in [1.29, 1.82) is 5.26 Å². The Morgan fingerprint density at radius 3 is 2.59 bits per heavy atom. The lowest BCUT2D eigenvalue weighted by Crippen LogP contribution is -2.24. The molecule has 112 valence electrons. The molecular weight excluding hydrogens is 292 g/mol. The number of amides is 1. The maximum Gasteiger partial charge on any atom is 0.252 e. The molecule has 2 rings (SSSR count). The van der Waals surface area contributed by atoms with E-state index in [1.807, 2.05) is 55.5 Å². The van der Waals surface area contributed by atoms with Gasteiger partial charge in [0.25, 0.3) is 5.91 Å². The van der Waals surface area contributed by atoms with Crippen molar-refractivity contribution in [3.05, 3.63) is 65.2 Å². The number of nitriles is 1. The number of benzene rings is 2. The van der Waals surface area contributed by atoms with Gasteiger partial charge in [0.2, 0.25) is 0 Å². The number of carbonyl (C=O) groups is 1. The second-order valence-electron chi connectivity index (χ2n) is 4.85. The first-order valence-corrected chi connectivity index (χ1v) is 8.22. The molecule has 0 saturated heterocycles. The highest BCUT2D eigenvalue weighted by atomic mass is 32.2. The zero-order valence-electron chi connectivity index (χ0n) is 12.5. The molecule has 22 heavy (non-hydrogen) atoms. The summed E-state index contributed by atoms with van der Waals surface area (Å²) in [5.74, 6) is 0.744. The van der Waals surface area contributed by atoms with Crippen molar-refractivity contribution < 1.29 is 4.79 Å². The summed E-state index contributed by atoms with van der Waals surface area (Å²) in [6.07, 6.45) is 0.923.